The Hall–Kier alpha value is -3.16. The summed E-state index contributed by atoms with van der Waals surface area (Å²) in [5.74, 6) is 0.752. The number of nitrogens with two attached hydrogens (primary N) is 1. The van der Waals surface area contributed by atoms with Crippen LogP contribution in [0.3, 0.4) is 0 Å². The lowest BCUT2D eigenvalue weighted by molar-refractivity contribution is -0.140. The molecule has 2 aromatic heterocycles. The van der Waals surface area contributed by atoms with Crippen LogP contribution in [0.15, 0.2) is 18.2 Å². The van der Waals surface area contributed by atoms with E-state index < -0.39 is 5.97 Å². The monoisotopic (exact) mass is 426 g/mol. The lowest BCUT2D eigenvalue weighted by atomic mass is 10.1. The van der Waals surface area contributed by atoms with Crippen molar-refractivity contribution >= 4 is 39.7 Å². The molecule has 31 heavy (non-hydrogen) atoms. The number of imidazole rings is 1. The van der Waals surface area contributed by atoms with Crippen LogP contribution in [0.25, 0.3) is 21.9 Å². The molecule has 0 saturated heterocycles. The Labute approximate surface area is 181 Å². The summed E-state index contributed by atoms with van der Waals surface area (Å²) in [6.07, 6.45) is 5.99. The van der Waals surface area contributed by atoms with E-state index in [-0.39, 0.29) is 5.97 Å². The highest BCUT2D eigenvalue weighted by Gasteiger charge is 2.18. The van der Waals surface area contributed by atoms with Crippen LogP contribution in [-0.2, 0) is 27.2 Å². The van der Waals surface area contributed by atoms with Gasteiger partial charge in [-0.05, 0) is 37.5 Å². The Balaban J connectivity index is 1.99. The second-order valence-electron chi connectivity index (χ2n) is 7.59. The molecule has 0 amide bonds. The molecule has 1 aromatic carbocycles. The van der Waals surface area contributed by atoms with Crippen molar-refractivity contribution in [1.29, 1.82) is 0 Å². The first kappa shape index (κ1) is 22.5. The number of nitrogens with zero attached hydrogens (tertiary/aromatic N) is 3. The number of benzene rings is 1. The molecule has 2 heterocycles. The van der Waals surface area contributed by atoms with E-state index in [0.29, 0.717) is 28.8 Å². The first-order valence-corrected chi connectivity index (χ1v) is 10.7. The maximum absolute atomic E-state index is 11.9. The number of methoxy groups -OCH3 is 2. The van der Waals surface area contributed by atoms with E-state index in [1.165, 1.54) is 14.2 Å². The number of fused-ring (bicyclic) bond motifs is 3. The summed E-state index contributed by atoms with van der Waals surface area (Å²) in [5.41, 5.74) is 8.97. The van der Waals surface area contributed by atoms with E-state index in [0.717, 1.165) is 61.8 Å². The first-order chi connectivity index (χ1) is 15.0. The molecule has 166 valence electrons. The predicted octanol–water partition coefficient (Wildman–Crippen LogP) is 4.03. The molecule has 3 rings (SSSR count). The van der Waals surface area contributed by atoms with Crippen molar-refractivity contribution in [3.63, 3.8) is 0 Å². The van der Waals surface area contributed by atoms with Gasteiger partial charge in [-0.3, -0.25) is 4.79 Å². The van der Waals surface area contributed by atoms with Gasteiger partial charge in [-0.2, -0.15) is 0 Å². The number of aromatic nitrogens is 3. The third kappa shape index (κ3) is 4.95. The number of hydrogen-bond acceptors (Lipinski definition) is 7. The minimum atomic E-state index is -0.412. The zero-order chi connectivity index (χ0) is 22.4. The highest BCUT2D eigenvalue weighted by molar-refractivity contribution is 6.08. The molecule has 0 bridgehead atoms. The molecule has 0 fully saturated rings. The zero-order valence-corrected chi connectivity index (χ0v) is 18.4. The highest BCUT2D eigenvalue weighted by Crippen LogP contribution is 2.30. The second-order valence-corrected chi connectivity index (χ2v) is 7.59. The van der Waals surface area contributed by atoms with Crippen LogP contribution in [0.4, 0.5) is 5.82 Å². The van der Waals surface area contributed by atoms with Gasteiger partial charge in [0.25, 0.3) is 0 Å². The summed E-state index contributed by atoms with van der Waals surface area (Å²) in [6, 6.07) is 5.33. The smallest absolute Gasteiger partial charge is 0.337 e. The van der Waals surface area contributed by atoms with E-state index in [4.69, 9.17) is 20.2 Å². The molecule has 3 aromatic rings. The van der Waals surface area contributed by atoms with E-state index in [1.807, 2.05) is 6.07 Å². The van der Waals surface area contributed by atoms with Gasteiger partial charge in [0.05, 0.1) is 30.8 Å². The summed E-state index contributed by atoms with van der Waals surface area (Å²) in [7, 11) is 2.77. The SMILES string of the molecule is CCCCc1nc2c(N)nc3cc(C(=O)OC)ccc3c2n1CCCCCC(=O)OC. The van der Waals surface area contributed by atoms with Gasteiger partial charge >= 0.3 is 11.9 Å². The number of nitrogen functional groups attached to an aromatic ring is 1. The lowest BCUT2D eigenvalue weighted by Gasteiger charge is -2.11. The molecule has 0 atom stereocenters. The number of anilines is 1. The molecule has 8 heteroatoms. The van der Waals surface area contributed by atoms with Gasteiger partial charge in [-0.1, -0.05) is 19.8 Å². The third-order valence-electron chi connectivity index (χ3n) is 5.45. The Morgan fingerprint density at radius 3 is 2.58 bits per heavy atom. The van der Waals surface area contributed by atoms with Crippen LogP contribution in [0.1, 0.15) is 61.6 Å². The first-order valence-electron chi connectivity index (χ1n) is 10.7. The number of esters is 2. The number of rotatable bonds is 10. The summed E-state index contributed by atoms with van der Waals surface area (Å²) in [6.45, 7) is 2.92. The normalized spacial score (nSPS) is 11.2. The predicted molar refractivity (Wildman–Crippen MR) is 120 cm³/mol. The molecule has 0 aliphatic heterocycles. The average Bonchev–Trinajstić information content (AvgIpc) is 3.15. The molecule has 0 radical (unpaired) electrons. The van der Waals surface area contributed by atoms with Crippen molar-refractivity contribution in [3.8, 4) is 0 Å². The zero-order valence-electron chi connectivity index (χ0n) is 18.4. The Morgan fingerprint density at radius 2 is 1.87 bits per heavy atom. The Kier molecular flexibility index (Phi) is 7.44. The fourth-order valence-corrected chi connectivity index (χ4v) is 3.79. The summed E-state index contributed by atoms with van der Waals surface area (Å²) < 4.78 is 11.8. The number of ether oxygens (including phenoxy) is 2. The number of pyridine rings is 1. The highest BCUT2D eigenvalue weighted by atomic mass is 16.5. The maximum atomic E-state index is 11.9. The number of hydrogen-bond donors (Lipinski definition) is 1. The van der Waals surface area contributed by atoms with Crippen molar-refractivity contribution in [1.82, 2.24) is 14.5 Å². The van der Waals surface area contributed by atoms with Crippen molar-refractivity contribution < 1.29 is 19.1 Å². The van der Waals surface area contributed by atoms with E-state index in [9.17, 15) is 9.59 Å². The molecule has 0 aliphatic carbocycles. The minimum Gasteiger partial charge on any atom is -0.469 e. The van der Waals surface area contributed by atoms with Gasteiger partial charge in [0, 0.05) is 24.8 Å². The van der Waals surface area contributed by atoms with Crippen LogP contribution < -0.4 is 5.73 Å². The third-order valence-corrected chi connectivity index (χ3v) is 5.45. The molecular formula is C23H30N4O4. The quantitative estimate of drug-likeness (QED) is 0.385. The average molecular weight is 427 g/mol. The fraction of sp³-hybridized carbons (Fsp3) is 0.478. The largest absolute Gasteiger partial charge is 0.469 e. The van der Waals surface area contributed by atoms with E-state index in [2.05, 4.69) is 16.5 Å². The van der Waals surface area contributed by atoms with Crippen molar-refractivity contribution in [2.75, 3.05) is 20.0 Å². The topological polar surface area (TPSA) is 109 Å². The van der Waals surface area contributed by atoms with E-state index in [1.54, 1.807) is 12.1 Å². The van der Waals surface area contributed by atoms with Gasteiger partial charge < -0.3 is 19.8 Å². The molecular weight excluding hydrogens is 396 g/mol. The standard InChI is InChI=1S/C23H30N4O4/c1-4-5-9-18-26-20-21(27(18)13-8-6-7-10-19(28)30-2)16-12-11-15(23(29)31-3)14-17(16)25-22(20)24/h11-12,14H,4-10,13H2,1-3H3,(H2,24,25). The van der Waals surface area contributed by atoms with Gasteiger partial charge in [-0.25, -0.2) is 14.8 Å². The molecule has 0 aliphatic rings. The van der Waals surface area contributed by atoms with E-state index >= 15 is 0 Å². The molecule has 0 saturated carbocycles. The molecule has 2 N–H and O–H groups in total. The van der Waals surface area contributed by atoms with Crippen molar-refractivity contribution in [2.45, 2.75) is 58.4 Å². The van der Waals surface area contributed by atoms with Gasteiger partial charge in [0.15, 0.2) is 5.82 Å². The van der Waals surface area contributed by atoms with Crippen LogP contribution in [0, 0.1) is 0 Å². The summed E-state index contributed by atoms with van der Waals surface area (Å²) in [5, 5.41) is 0.904. The summed E-state index contributed by atoms with van der Waals surface area (Å²) >= 11 is 0. The number of unbranched alkanes of at least 4 members (excludes halogenated alkanes) is 3. The number of carbonyl (C=O) groups is 2. The van der Waals surface area contributed by atoms with Crippen molar-refractivity contribution in [2.24, 2.45) is 0 Å². The summed E-state index contributed by atoms with van der Waals surface area (Å²) in [4.78, 5) is 32.6. The van der Waals surface area contributed by atoms with Crippen LogP contribution in [0.2, 0.25) is 0 Å². The van der Waals surface area contributed by atoms with Gasteiger partial charge in [0.2, 0.25) is 0 Å². The lowest BCUT2D eigenvalue weighted by Crippen LogP contribution is -2.06. The maximum Gasteiger partial charge on any atom is 0.337 e. The Morgan fingerprint density at radius 1 is 1.06 bits per heavy atom. The van der Waals surface area contributed by atoms with Gasteiger partial charge in [-0.15, -0.1) is 0 Å². The van der Waals surface area contributed by atoms with Crippen molar-refractivity contribution in [3.05, 3.63) is 29.6 Å². The number of aryl methyl sites for hydroxylation is 2. The minimum absolute atomic E-state index is 0.178. The van der Waals surface area contributed by atoms with Crippen LogP contribution in [0.5, 0.6) is 0 Å². The van der Waals surface area contributed by atoms with Crippen LogP contribution >= 0.6 is 0 Å². The molecule has 0 unspecified atom stereocenters. The van der Waals surface area contributed by atoms with Crippen LogP contribution in [-0.4, -0.2) is 40.7 Å². The second kappa shape index (κ2) is 10.2. The fourth-order valence-electron chi connectivity index (χ4n) is 3.79. The molecule has 8 nitrogen and oxygen atoms in total. The number of carbonyl (C=O) groups excluding carboxylic acids is 2. The van der Waals surface area contributed by atoms with Gasteiger partial charge in [0.1, 0.15) is 11.3 Å². The Bertz CT molecular complexity index is 1090. The molecule has 0 spiro atoms.